The van der Waals surface area contributed by atoms with Gasteiger partial charge in [-0.1, -0.05) is 12.1 Å². The number of hydrogen-bond acceptors (Lipinski definition) is 3. The molecule has 0 aliphatic heterocycles. The second kappa shape index (κ2) is 7.26. The summed E-state index contributed by atoms with van der Waals surface area (Å²) in [5.74, 6) is -0.326. The maximum atomic E-state index is 13.3. The minimum atomic E-state index is -0.336. The van der Waals surface area contributed by atoms with Gasteiger partial charge in [-0.05, 0) is 49.2 Å². The number of fused-ring (bicyclic) bond motifs is 1. The van der Waals surface area contributed by atoms with Crippen molar-refractivity contribution in [3.8, 4) is 0 Å². The molecule has 0 spiro atoms. The zero-order chi connectivity index (χ0) is 19.7. The second-order valence-corrected chi connectivity index (χ2v) is 6.74. The van der Waals surface area contributed by atoms with E-state index >= 15 is 0 Å². The first-order valence-corrected chi connectivity index (χ1v) is 9.01. The smallest absolute Gasteiger partial charge is 0.342 e. The van der Waals surface area contributed by atoms with Gasteiger partial charge in [0.15, 0.2) is 0 Å². The SMILES string of the molecule is Cc1nn(C(=O)NCc2cccc(F)c2)c(C)c1Cc1c[nH]c2ncccc12. The lowest BCUT2D eigenvalue weighted by atomic mass is 10.0. The Kier molecular flexibility index (Phi) is 4.65. The molecule has 0 saturated heterocycles. The summed E-state index contributed by atoms with van der Waals surface area (Å²) in [6, 6.07) is 9.75. The topological polar surface area (TPSA) is 75.6 Å². The zero-order valence-electron chi connectivity index (χ0n) is 15.7. The number of nitrogens with one attached hydrogen (secondary N) is 2. The van der Waals surface area contributed by atoms with Crippen LogP contribution in [0, 0.1) is 19.7 Å². The largest absolute Gasteiger partial charge is 0.346 e. The molecule has 4 aromatic rings. The van der Waals surface area contributed by atoms with Crippen LogP contribution in [-0.4, -0.2) is 25.8 Å². The molecule has 142 valence electrons. The second-order valence-electron chi connectivity index (χ2n) is 6.74. The van der Waals surface area contributed by atoms with Crippen molar-refractivity contribution in [3.05, 3.63) is 82.7 Å². The lowest BCUT2D eigenvalue weighted by Gasteiger charge is -2.07. The molecule has 28 heavy (non-hydrogen) atoms. The molecule has 0 aliphatic carbocycles. The van der Waals surface area contributed by atoms with E-state index in [2.05, 4.69) is 20.4 Å². The fraction of sp³-hybridized carbons (Fsp3) is 0.190. The summed E-state index contributed by atoms with van der Waals surface area (Å²) in [7, 11) is 0. The molecule has 3 aromatic heterocycles. The van der Waals surface area contributed by atoms with Gasteiger partial charge in [0.1, 0.15) is 11.5 Å². The van der Waals surface area contributed by atoms with Gasteiger partial charge in [0.2, 0.25) is 0 Å². The highest BCUT2D eigenvalue weighted by atomic mass is 19.1. The number of aromatic nitrogens is 4. The van der Waals surface area contributed by atoms with Gasteiger partial charge < -0.3 is 10.3 Å². The van der Waals surface area contributed by atoms with Crippen LogP contribution >= 0.6 is 0 Å². The van der Waals surface area contributed by atoms with Crippen molar-refractivity contribution < 1.29 is 9.18 Å². The molecule has 1 amide bonds. The number of carbonyl (C=O) groups is 1. The summed E-state index contributed by atoms with van der Waals surface area (Å²) in [6.45, 7) is 4.01. The molecular formula is C21H20FN5O. The maximum absolute atomic E-state index is 13.3. The minimum absolute atomic E-state index is 0.235. The fourth-order valence-electron chi connectivity index (χ4n) is 3.38. The standard InChI is InChI=1S/C21H20FN5O/c1-13-19(10-16-12-24-20-18(16)7-4-8-23-20)14(2)27(26-13)21(28)25-11-15-5-3-6-17(22)9-15/h3-9,12H,10-11H2,1-2H3,(H,23,24)(H,25,28). The number of carbonyl (C=O) groups excluding carboxylic acids is 1. The van der Waals surface area contributed by atoms with Crippen LogP contribution in [-0.2, 0) is 13.0 Å². The summed E-state index contributed by atoms with van der Waals surface area (Å²) in [5, 5.41) is 8.26. The number of aryl methyl sites for hydroxylation is 1. The zero-order valence-corrected chi connectivity index (χ0v) is 15.7. The Balaban J connectivity index is 1.54. The predicted octanol–water partition coefficient (Wildman–Crippen LogP) is 3.86. The average Bonchev–Trinajstić information content (AvgIpc) is 3.22. The van der Waals surface area contributed by atoms with Crippen molar-refractivity contribution in [2.75, 3.05) is 0 Å². The van der Waals surface area contributed by atoms with E-state index in [0.29, 0.717) is 12.0 Å². The molecule has 2 N–H and O–H groups in total. The van der Waals surface area contributed by atoms with Crippen molar-refractivity contribution >= 4 is 17.1 Å². The van der Waals surface area contributed by atoms with E-state index in [0.717, 1.165) is 33.5 Å². The van der Waals surface area contributed by atoms with E-state index in [9.17, 15) is 9.18 Å². The summed E-state index contributed by atoms with van der Waals surface area (Å²) in [5.41, 5.74) is 5.23. The Morgan fingerprint density at radius 1 is 1.25 bits per heavy atom. The van der Waals surface area contributed by atoms with Gasteiger partial charge in [0.25, 0.3) is 0 Å². The predicted molar refractivity (Wildman–Crippen MR) is 105 cm³/mol. The van der Waals surface area contributed by atoms with Gasteiger partial charge in [0, 0.05) is 42.0 Å². The van der Waals surface area contributed by atoms with Gasteiger partial charge in [0.05, 0.1) is 5.69 Å². The molecule has 0 atom stereocenters. The third-order valence-electron chi connectivity index (χ3n) is 4.87. The summed E-state index contributed by atoms with van der Waals surface area (Å²) >= 11 is 0. The molecule has 0 aliphatic rings. The summed E-state index contributed by atoms with van der Waals surface area (Å²) in [6.07, 6.45) is 4.35. The third kappa shape index (κ3) is 3.38. The highest BCUT2D eigenvalue weighted by Gasteiger charge is 2.18. The number of amides is 1. The molecule has 7 heteroatoms. The van der Waals surface area contributed by atoms with Gasteiger partial charge >= 0.3 is 6.03 Å². The number of rotatable bonds is 4. The van der Waals surface area contributed by atoms with Crippen molar-refractivity contribution in [2.24, 2.45) is 0 Å². The van der Waals surface area contributed by atoms with Gasteiger partial charge in [-0.3, -0.25) is 0 Å². The average molecular weight is 377 g/mol. The lowest BCUT2D eigenvalue weighted by molar-refractivity contribution is 0.238. The van der Waals surface area contributed by atoms with Crippen molar-refractivity contribution in [1.29, 1.82) is 0 Å². The lowest BCUT2D eigenvalue weighted by Crippen LogP contribution is -2.29. The van der Waals surface area contributed by atoms with Gasteiger partial charge in [-0.15, -0.1) is 0 Å². The number of aromatic amines is 1. The molecule has 4 rings (SSSR count). The van der Waals surface area contributed by atoms with E-state index < -0.39 is 0 Å². The third-order valence-corrected chi connectivity index (χ3v) is 4.87. The normalized spacial score (nSPS) is 11.1. The Morgan fingerprint density at radius 3 is 2.93 bits per heavy atom. The van der Waals surface area contributed by atoms with Gasteiger partial charge in [-0.25, -0.2) is 14.2 Å². The van der Waals surface area contributed by atoms with Crippen LogP contribution in [0.1, 0.15) is 28.1 Å². The first-order chi connectivity index (χ1) is 13.5. The van der Waals surface area contributed by atoms with Crippen LogP contribution in [0.15, 0.2) is 48.8 Å². The fourth-order valence-corrected chi connectivity index (χ4v) is 3.38. The van der Waals surface area contributed by atoms with Crippen molar-refractivity contribution in [1.82, 2.24) is 25.1 Å². The molecule has 1 aromatic carbocycles. The number of H-pyrrole nitrogens is 1. The van der Waals surface area contributed by atoms with E-state index in [1.807, 2.05) is 32.2 Å². The van der Waals surface area contributed by atoms with Crippen LogP contribution in [0.4, 0.5) is 9.18 Å². The number of nitrogens with zero attached hydrogens (tertiary/aromatic N) is 3. The molecular weight excluding hydrogens is 357 g/mol. The van der Waals surface area contributed by atoms with Crippen LogP contribution in [0.5, 0.6) is 0 Å². The van der Waals surface area contributed by atoms with E-state index in [4.69, 9.17) is 0 Å². The van der Waals surface area contributed by atoms with E-state index in [1.165, 1.54) is 16.8 Å². The Bertz CT molecular complexity index is 1160. The maximum Gasteiger partial charge on any atom is 0.342 e. The molecule has 0 saturated carbocycles. The Morgan fingerprint density at radius 2 is 2.11 bits per heavy atom. The molecule has 0 bridgehead atoms. The van der Waals surface area contributed by atoms with Crippen LogP contribution in [0.2, 0.25) is 0 Å². The molecule has 0 radical (unpaired) electrons. The molecule has 0 unspecified atom stereocenters. The monoisotopic (exact) mass is 377 g/mol. The quantitative estimate of drug-likeness (QED) is 0.567. The summed E-state index contributed by atoms with van der Waals surface area (Å²) < 4.78 is 14.7. The van der Waals surface area contributed by atoms with E-state index in [1.54, 1.807) is 18.3 Å². The van der Waals surface area contributed by atoms with Crippen LogP contribution in [0.3, 0.4) is 0 Å². The number of hydrogen-bond donors (Lipinski definition) is 2. The number of benzene rings is 1. The van der Waals surface area contributed by atoms with E-state index in [-0.39, 0.29) is 18.4 Å². The number of halogens is 1. The van der Waals surface area contributed by atoms with Crippen molar-refractivity contribution in [3.63, 3.8) is 0 Å². The Hall–Kier alpha value is -3.48. The molecule has 3 heterocycles. The van der Waals surface area contributed by atoms with Crippen LogP contribution in [0.25, 0.3) is 11.0 Å². The Labute approximate surface area is 161 Å². The number of pyridine rings is 1. The molecule has 0 fully saturated rings. The van der Waals surface area contributed by atoms with Crippen molar-refractivity contribution in [2.45, 2.75) is 26.8 Å². The first-order valence-electron chi connectivity index (χ1n) is 9.01. The summed E-state index contributed by atoms with van der Waals surface area (Å²) in [4.78, 5) is 20.1. The first kappa shape index (κ1) is 17.9. The molecule has 6 nitrogen and oxygen atoms in total. The van der Waals surface area contributed by atoms with Crippen LogP contribution < -0.4 is 5.32 Å². The highest BCUT2D eigenvalue weighted by molar-refractivity contribution is 5.80. The highest BCUT2D eigenvalue weighted by Crippen LogP contribution is 2.23. The minimum Gasteiger partial charge on any atom is -0.346 e. The van der Waals surface area contributed by atoms with Gasteiger partial charge in [-0.2, -0.15) is 9.78 Å².